The first kappa shape index (κ1) is 13.1. The van der Waals surface area contributed by atoms with Crippen LogP contribution in [-0.2, 0) is 6.18 Å². The second kappa shape index (κ2) is 4.71. The van der Waals surface area contributed by atoms with Crippen LogP contribution in [0.1, 0.15) is 15.9 Å². The Hall–Kier alpha value is -2.38. The number of alkyl halides is 3. The first-order valence-corrected chi connectivity index (χ1v) is 5.05. The number of aromatic nitrogens is 2. The van der Waals surface area contributed by atoms with Crippen LogP contribution in [0.15, 0.2) is 30.6 Å². The van der Waals surface area contributed by atoms with E-state index in [-0.39, 0.29) is 5.56 Å². The number of rotatable bonds is 2. The summed E-state index contributed by atoms with van der Waals surface area (Å²) in [6, 6.07) is 2.66. The van der Waals surface area contributed by atoms with Crippen molar-refractivity contribution < 1.29 is 22.4 Å². The largest absolute Gasteiger partial charge is 0.419 e. The molecule has 0 fully saturated rings. The lowest BCUT2D eigenvalue weighted by molar-refractivity contribution is -0.139. The van der Waals surface area contributed by atoms with Gasteiger partial charge in [-0.15, -0.1) is 0 Å². The molecule has 2 N–H and O–H groups in total. The van der Waals surface area contributed by atoms with Crippen molar-refractivity contribution in [2.75, 3.05) is 5.32 Å². The summed E-state index contributed by atoms with van der Waals surface area (Å²) in [6.07, 6.45) is -2.41. The standard InChI is InChI=1S/C11H7F4N3O/c12-9-7(11(13,14)15)2-1-3-8(9)18-10(19)6-4-16-17-5-6/h1-5H,(H,16,17)(H,18,19). The Labute approximate surface area is 104 Å². The highest BCUT2D eigenvalue weighted by Gasteiger charge is 2.35. The summed E-state index contributed by atoms with van der Waals surface area (Å²) >= 11 is 0. The maximum absolute atomic E-state index is 13.6. The summed E-state index contributed by atoms with van der Waals surface area (Å²) in [5.41, 5.74) is -1.89. The van der Waals surface area contributed by atoms with Gasteiger partial charge in [-0.3, -0.25) is 9.89 Å². The second-order valence-corrected chi connectivity index (χ2v) is 3.61. The molecule has 4 nitrogen and oxygen atoms in total. The van der Waals surface area contributed by atoms with E-state index in [1.54, 1.807) is 0 Å². The van der Waals surface area contributed by atoms with Gasteiger partial charge in [0, 0.05) is 6.20 Å². The summed E-state index contributed by atoms with van der Waals surface area (Å²) in [5, 5.41) is 7.92. The second-order valence-electron chi connectivity index (χ2n) is 3.61. The minimum atomic E-state index is -4.82. The Balaban J connectivity index is 2.29. The highest BCUT2D eigenvalue weighted by atomic mass is 19.4. The zero-order valence-electron chi connectivity index (χ0n) is 9.25. The number of halogens is 4. The lowest BCUT2D eigenvalue weighted by Crippen LogP contribution is -2.15. The molecule has 2 aromatic rings. The third-order valence-corrected chi connectivity index (χ3v) is 2.31. The number of benzene rings is 1. The highest BCUT2D eigenvalue weighted by molar-refractivity contribution is 6.04. The first-order valence-electron chi connectivity index (χ1n) is 5.05. The first-order chi connectivity index (χ1) is 8.89. The normalized spacial score (nSPS) is 11.4. The van der Waals surface area contributed by atoms with E-state index >= 15 is 0 Å². The molecule has 0 aliphatic rings. The van der Waals surface area contributed by atoms with Crippen LogP contribution in [0.2, 0.25) is 0 Å². The minimum Gasteiger partial charge on any atom is -0.319 e. The molecule has 0 aliphatic carbocycles. The lowest BCUT2D eigenvalue weighted by Gasteiger charge is -2.11. The number of aromatic amines is 1. The SMILES string of the molecule is O=C(Nc1cccc(C(F)(F)F)c1F)c1cn[nH]c1. The molecule has 0 spiro atoms. The maximum Gasteiger partial charge on any atom is 0.419 e. The zero-order chi connectivity index (χ0) is 14.0. The molecule has 0 saturated heterocycles. The summed E-state index contributed by atoms with van der Waals surface area (Å²) in [4.78, 5) is 11.6. The monoisotopic (exact) mass is 273 g/mol. The third kappa shape index (κ3) is 2.72. The van der Waals surface area contributed by atoms with Gasteiger partial charge in [-0.2, -0.15) is 18.3 Å². The van der Waals surface area contributed by atoms with E-state index in [1.165, 1.54) is 12.4 Å². The number of nitrogens with one attached hydrogen (secondary N) is 2. The van der Waals surface area contributed by atoms with Crippen LogP contribution in [0.25, 0.3) is 0 Å². The molecule has 0 saturated carbocycles. The number of hydrogen-bond donors (Lipinski definition) is 2. The van der Waals surface area contributed by atoms with Gasteiger partial charge in [-0.25, -0.2) is 4.39 Å². The van der Waals surface area contributed by atoms with Gasteiger partial charge in [0.2, 0.25) is 0 Å². The Morgan fingerprint density at radius 3 is 2.63 bits per heavy atom. The van der Waals surface area contributed by atoms with Crippen molar-refractivity contribution >= 4 is 11.6 Å². The Bertz CT molecular complexity index is 592. The zero-order valence-corrected chi connectivity index (χ0v) is 9.25. The Morgan fingerprint density at radius 2 is 2.05 bits per heavy atom. The molecule has 0 aliphatic heterocycles. The molecule has 0 unspecified atom stereocenters. The van der Waals surface area contributed by atoms with Crippen LogP contribution in [0.4, 0.5) is 23.2 Å². The van der Waals surface area contributed by atoms with Gasteiger partial charge in [0.15, 0.2) is 5.82 Å². The molecule has 0 radical (unpaired) electrons. The predicted molar refractivity (Wildman–Crippen MR) is 57.9 cm³/mol. The number of carbonyl (C=O) groups excluding carboxylic acids is 1. The average Bonchev–Trinajstić information content (AvgIpc) is 2.83. The van der Waals surface area contributed by atoms with Crippen LogP contribution in [0.5, 0.6) is 0 Å². The number of amides is 1. The molecule has 0 bridgehead atoms. The van der Waals surface area contributed by atoms with Gasteiger partial charge in [0.25, 0.3) is 5.91 Å². The van der Waals surface area contributed by atoms with E-state index in [4.69, 9.17) is 0 Å². The van der Waals surface area contributed by atoms with Gasteiger partial charge < -0.3 is 5.32 Å². The molecular formula is C11H7F4N3O. The van der Waals surface area contributed by atoms with Gasteiger partial charge >= 0.3 is 6.18 Å². The number of H-pyrrole nitrogens is 1. The maximum atomic E-state index is 13.6. The van der Waals surface area contributed by atoms with Crippen molar-refractivity contribution in [1.29, 1.82) is 0 Å². The van der Waals surface area contributed by atoms with Crippen molar-refractivity contribution in [1.82, 2.24) is 10.2 Å². The Kier molecular flexibility index (Phi) is 3.24. The Morgan fingerprint density at radius 1 is 1.32 bits per heavy atom. The van der Waals surface area contributed by atoms with E-state index in [0.717, 1.165) is 12.1 Å². The van der Waals surface area contributed by atoms with Gasteiger partial charge in [0.1, 0.15) is 0 Å². The van der Waals surface area contributed by atoms with Crippen molar-refractivity contribution in [3.05, 3.63) is 47.5 Å². The highest BCUT2D eigenvalue weighted by Crippen LogP contribution is 2.33. The summed E-state index contributed by atoms with van der Waals surface area (Å²) < 4.78 is 51.0. The molecule has 19 heavy (non-hydrogen) atoms. The van der Waals surface area contributed by atoms with E-state index < -0.39 is 29.2 Å². The molecule has 0 atom stereocenters. The summed E-state index contributed by atoms with van der Waals surface area (Å²) in [6.45, 7) is 0. The molecular weight excluding hydrogens is 266 g/mol. The average molecular weight is 273 g/mol. The van der Waals surface area contributed by atoms with Gasteiger partial charge in [-0.1, -0.05) is 6.07 Å². The molecule has 1 aromatic heterocycles. The number of hydrogen-bond acceptors (Lipinski definition) is 2. The van der Waals surface area contributed by atoms with E-state index in [0.29, 0.717) is 6.07 Å². The minimum absolute atomic E-state index is 0.0804. The van der Waals surface area contributed by atoms with Crippen molar-refractivity contribution in [2.24, 2.45) is 0 Å². The fourth-order valence-electron chi connectivity index (χ4n) is 1.42. The topological polar surface area (TPSA) is 57.8 Å². The molecule has 100 valence electrons. The van der Waals surface area contributed by atoms with Crippen molar-refractivity contribution in [3.63, 3.8) is 0 Å². The van der Waals surface area contributed by atoms with E-state index in [2.05, 4.69) is 15.5 Å². The van der Waals surface area contributed by atoms with Crippen LogP contribution >= 0.6 is 0 Å². The number of anilines is 1. The number of carbonyl (C=O) groups is 1. The third-order valence-electron chi connectivity index (χ3n) is 2.31. The molecule has 8 heteroatoms. The van der Waals surface area contributed by atoms with Crippen LogP contribution < -0.4 is 5.32 Å². The fraction of sp³-hybridized carbons (Fsp3) is 0.0909. The van der Waals surface area contributed by atoms with E-state index in [9.17, 15) is 22.4 Å². The van der Waals surface area contributed by atoms with Crippen molar-refractivity contribution in [2.45, 2.75) is 6.18 Å². The summed E-state index contributed by atoms with van der Waals surface area (Å²) in [7, 11) is 0. The predicted octanol–water partition coefficient (Wildman–Crippen LogP) is 2.82. The number of nitrogens with zero attached hydrogens (tertiary/aromatic N) is 1. The quantitative estimate of drug-likeness (QED) is 0.826. The fourth-order valence-corrected chi connectivity index (χ4v) is 1.42. The molecule has 1 amide bonds. The smallest absolute Gasteiger partial charge is 0.319 e. The lowest BCUT2D eigenvalue weighted by atomic mass is 10.1. The van der Waals surface area contributed by atoms with Gasteiger partial charge in [0.05, 0.1) is 23.0 Å². The molecule has 1 heterocycles. The molecule has 2 rings (SSSR count). The van der Waals surface area contributed by atoms with E-state index in [1.807, 2.05) is 0 Å². The van der Waals surface area contributed by atoms with Gasteiger partial charge in [-0.05, 0) is 12.1 Å². The van der Waals surface area contributed by atoms with Crippen molar-refractivity contribution in [3.8, 4) is 0 Å². The summed E-state index contributed by atoms with van der Waals surface area (Å²) in [5.74, 6) is -2.28. The van der Waals surface area contributed by atoms with Crippen LogP contribution in [-0.4, -0.2) is 16.1 Å². The van der Waals surface area contributed by atoms with Crippen LogP contribution in [0, 0.1) is 5.82 Å². The molecule has 1 aromatic carbocycles. The van der Waals surface area contributed by atoms with Crippen LogP contribution in [0.3, 0.4) is 0 Å².